The van der Waals surface area contributed by atoms with Crippen LogP contribution in [0.5, 0.6) is 0 Å². The molecule has 8 heteroatoms. The molecule has 1 aromatic carbocycles. The van der Waals surface area contributed by atoms with Crippen molar-refractivity contribution >= 4 is 17.3 Å². The van der Waals surface area contributed by atoms with E-state index in [0.29, 0.717) is 5.56 Å². The van der Waals surface area contributed by atoms with Crippen molar-refractivity contribution in [3.8, 4) is 11.4 Å². The maximum Gasteiger partial charge on any atom is 0.281 e. The Hall–Kier alpha value is -2.02. The van der Waals surface area contributed by atoms with Crippen LogP contribution in [0, 0.1) is 10.1 Å². The largest absolute Gasteiger partial charge is 0.281 e. The van der Waals surface area contributed by atoms with Gasteiger partial charge in [-0.1, -0.05) is 11.6 Å². The molecule has 0 atom stereocenters. The van der Waals surface area contributed by atoms with Crippen LogP contribution in [-0.2, 0) is 0 Å². The lowest BCUT2D eigenvalue weighted by molar-refractivity contribution is -0.384. The van der Waals surface area contributed by atoms with Gasteiger partial charge in [0.2, 0.25) is 0 Å². The summed E-state index contributed by atoms with van der Waals surface area (Å²) < 4.78 is 0. The minimum Gasteiger partial charge on any atom is -0.258 e. The third-order valence-corrected chi connectivity index (χ3v) is 1.99. The van der Waals surface area contributed by atoms with Crippen LogP contribution in [0.3, 0.4) is 0 Å². The maximum absolute atomic E-state index is 10.7. The van der Waals surface area contributed by atoms with Crippen molar-refractivity contribution in [3.63, 3.8) is 0 Å². The second kappa shape index (κ2) is 3.62. The van der Waals surface area contributed by atoms with Gasteiger partial charge in [0.15, 0.2) is 5.82 Å². The highest BCUT2D eigenvalue weighted by Crippen LogP contribution is 2.29. The highest BCUT2D eigenvalue weighted by Gasteiger charge is 2.18. The van der Waals surface area contributed by atoms with Crippen LogP contribution in [0.1, 0.15) is 0 Å². The Morgan fingerprint density at radius 3 is 2.87 bits per heavy atom. The summed E-state index contributed by atoms with van der Waals surface area (Å²) in [4.78, 5) is 10.2. The standard InChI is InChI=1S/C7H4ClN5O2/c8-4-1-2-5(6(3-4)13(14)15)7-9-11-12-10-7/h1-3H,(H,9,10,11,12). The molecule has 0 amide bonds. The minimum atomic E-state index is -0.538. The quantitative estimate of drug-likeness (QED) is 0.616. The SMILES string of the molecule is O=[N+]([O-])c1cc(Cl)ccc1-c1nnn[nH]1. The predicted molar refractivity (Wildman–Crippen MR) is 51.3 cm³/mol. The van der Waals surface area contributed by atoms with E-state index in [1.807, 2.05) is 0 Å². The number of nitro groups is 1. The Bertz CT molecular complexity index is 498. The summed E-state index contributed by atoms with van der Waals surface area (Å²) in [6.45, 7) is 0. The van der Waals surface area contributed by atoms with Crippen LogP contribution in [0.15, 0.2) is 18.2 Å². The fourth-order valence-corrected chi connectivity index (χ4v) is 1.30. The molecule has 0 spiro atoms. The van der Waals surface area contributed by atoms with Crippen molar-refractivity contribution in [1.29, 1.82) is 0 Å². The lowest BCUT2D eigenvalue weighted by atomic mass is 10.2. The van der Waals surface area contributed by atoms with E-state index in [0.717, 1.165) is 0 Å². The Kier molecular flexibility index (Phi) is 2.30. The number of halogens is 1. The van der Waals surface area contributed by atoms with E-state index in [-0.39, 0.29) is 16.5 Å². The Labute approximate surface area is 88.2 Å². The van der Waals surface area contributed by atoms with Gasteiger partial charge < -0.3 is 0 Å². The fourth-order valence-electron chi connectivity index (χ4n) is 1.13. The number of nitro benzene ring substituents is 1. The van der Waals surface area contributed by atoms with Crippen molar-refractivity contribution in [2.45, 2.75) is 0 Å². The number of aromatic nitrogens is 4. The fraction of sp³-hybridized carbons (Fsp3) is 0. The van der Waals surface area contributed by atoms with Gasteiger partial charge >= 0.3 is 0 Å². The Morgan fingerprint density at radius 1 is 1.47 bits per heavy atom. The monoisotopic (exact) mass is 225 g/mol. The topological polar surface area (TPSA) is 97.6 Å². The highest BCUT2D eigenvalue weighted by molar-refractivity contribution is 6.30. The van der Waals surface area contributed by atoms with E-state index in [1.165, 1.54) is 18.2 Å². The zero-order valence-electron chi connectivity index (χ0n) is 7.22. The molecule has 0 radical (unpaired) electrons. The van der Waals surface area contributed by atoms with Crippen LogP contribution in [-0.4, -0.2) is 25.5 Å². The van der Waals surface area contributed by atoms with E-state index >= 15 is 0 Å². The summed E-state index contributed by atoms with van der Waals surface area (Å²) in [6, 6.07) is 4.27. The number of rotatable bonds is 2. The average molecular weight is 226 g/mol. The first kappa shape index (κ1) is 9.53. The number of nitrogens with zero attached hydrogens (tertiary/aromatic N) is 4. The maximum atomic E-state index is 10.7. The second-order valence-corrected chi connectivity index (χ2v) is 3.10. The van der Waals surface area contributed by atoms with Gasteiger partial charge in [0.05, 0.1) is 10.5 Å². The molecule has 1 heterocycles. The summed E-state index contributed by atoms with van der Waals surface area (Å²) in [6.07, 6.45) is 0. The van der Waals surface area contributed by atoms with Gasteiger partial charge in [-0.2, -0.15) is 0 Å². The van der Waals surface area contributed by atoms with E-state index in [1.54, 1.807) is 0 Å². The van der Waals surface area contributed by atoms with Gasteiger partial charge in [0, 0.05) is 11.1 Å². The van der Waals surface area contributed by atoms with Gasteiger partial charge in [-0.3, -0.25) is 10.1 Å². The molecule has 2 aromatic rings. The average Bonchev–Trinajstić information content (AvgIpc) is 2.70. The predicted octanol–water partition coefficient (Wildman–Crippen LogP) is 1.43. The molecule has 0 aliphatic rings. The lowest BCUT2D eigenvalue weighted by Gasteiger charge is -1.98. The van der Waals surface area contributed by atoms with Crippen LogP contribution < -0.4 is 0 Å². The molecule has 15 heavy (non-hydrogen) atoms. The number of benzene rings is 1. The number of tetrazole rings is 1. The molecular formula is C7H4ClN5O2. The Morgan fingerprint density at radius 2 is 2.27 bits per heavy atom. The van der Waals surface area contributed by atoms with Gasteiger partial charge in [0.25, 0.3) is 5.69 Å². The van der Waals surface area contributed by atoms with Gasteiger partial charge in [0.1, 0.15) is 0 Å². The van der Waals surface area contributed by atoms with Crippen molar-refractivity contribution in [1.82, 2.24) is 20.6 Å². The highest BCUT2D eigenvalue weighted by atomic mass is 35.5. The lowest BCUT2D eigenvalue weighted by Crippen LogP contribution is -1.93. The number of nitrogens with one attached hydrogen (secondary N) is 1. The van der Waals surface area contributed by atoms with Crippen LogP contribution in [0.2, 0.25) is 5.02 Å². The summed E-state index contributed by atoms with van der Waals surface area (Å²) in [5.74, 6) is 0.235. The van der Waals surface area contributed by atoms with Crippen LogP contribution in [0.4, 0.5) is 5.69 Å². The first-order valence-corrected chi connectivity index (χ1v) is 4.24. The molecule has 0 fully saturated rings. The second-order valence-electron chi connectivity index (χ2n) is 2.67. The first-order chi connectivity index (χ1) is 7.18. The van der Waals surface area contributed by atoms with Gasteiger partial charge in [-0.05, 0) is 22.6 Å². The minimum absolute atomic E-state index is 0.138. The molecule has 1 N–H and O–H groups in total. The molecule has 0 unspecified atom stereocenters. The molecule has 0 saturated heterocycles. The third kappa shape index (κ3) is 1.77. The summed E-state index contributed by atoms with van der Waals surface area (Å²) >= 11 is 5.66. The zero-order chi connectivity index (χ0) is 10.8. The normalized spacial score (nSPS) is 10.2. The molecule has 76 valence electrons. The number of hydrogen-bond donors (Lipinski definition) is 1. The van der Waals surface area contributed by atoms with Crippen molar-refractivity contribution in [2.75, 3.05) is 0 Å². The summed E-state index contributed by atoms with van der Waals surface area (Å²) in [5, 5.41) is 23.8. The van der Waals surface area contributed by atoms with Crippen molar-refractivity contribution < 1.29 is 4.92 Å². The molecular weight excluding hydrogens is 222 g/mol. The third-order valence-electron chi connectivity index (χ3n) is 1.76. The molecule has 0 aliphatic carbocycles. The Balaban J connectivity index is 2.61. The van der Waals surface area contributed by atoms with E-state index in [4.69, 9.17) is 11.6 Å². The van der Waals surface area contributed by atoms with Crippen molar-refractivity contribution in [2.24, 2.45) is 0 Å². The van der Waals surface area contributed by atoms with E-state index in [9.17, 15) is 10.1 Å². The number of H-pyrrole nitrogens is 1. The van der Waals surface area contributed by atoms with Gasteiger partial charge in [-0.25, -0.2) is 5.10 Å². The zero-order valence-corrected chi connectivity index (χ0v) is 7.97. The number of aromatic amines is 1. The summed E-state index contributed by atoms with van der Waals surface area (Å²) in [5.41, 5.74) is 0.162. The van der Waals surface area contributed by atoms with Gasteiger partial charge in [-0.15, -0.1) is 5.10 Å². The molecule has 0 saturated carbocycles. The number of hydrogen-bond acceptors (Lipinski definition) is 5. The van der Waals surface area contributed by atoms with E-state index in [2.05, 4.69) is 20.6 Å². The van der Waals surface area contributed by atoms with Crippen LogP contribution >= 0.6 is 11.6 Å². The van der Waals surface area contributed by atoms with Crippen LogP contribution in [0.25, 0.3) is 11.4 Å². The first-order valence-electron chi connectivity index (χ1n) is 3.86. The molecule has 0 aliphatic heterocycles. The molecule has 7 nitrogen and oxygen atoms in total. The smallest absolute Gasteiger partial charge is 0.258 e. The van der Waals surface area contributed by atoms with Crippen molar-refractivity contribution in [3.05, 3.63) is 33.3 Å². The molecule has 1 aromatic heterocycles. The summed E-state index contributed by atoms with van der Waals surface area (Å²) in [7, 11) is 0. The molecule has 2 rings (SSSR count). The van der Waals surface area contributed by atoms with E-state index < -0.39 is 4.92 Å². The molecule has 0 bridgehead atoms.